The molecule has 0 bridgehead atoms. The summed E-state index contributed by atoms with van der Waals surface area (Å²) in [6.45, 7) is 1.78. The summed E-state index contributed by atoms with van der Waals surface area (Å²) in [6, 6.07) is 10.3. The monoisotopic (exact) mass is 485 g/mol. The zero-order valence-corrected chi connectivity index (χ0v) is 19.7. The Hall–Kier alpha value is -3.92. The van der Waals surface area contributed by atoms with E-state index in [4.69, 9.17) is 18.6 Å². The number of halogens is 2. The zero-order valence-electron chi connectivity index (χ0n) is 18.8. The second-order valence-electron chi connectivity index (χ2n) is 7.00. The molecule has 0 saturated carbocycles. The largest absolute Gasteiger partial charge is 0.493 e. The van der Waals surface area contributed by atoms with Crippen molar-refractivity contribution >= 4 is 22.7 Å². The maximum atomic E-state index is 14.3. The number of thiazole rings is 1. The smallest absolute Gasteiger partial charge is 0.211 e. The average Bonchev–Trinajstić information content (AvgIpc) is 3.50. The van der Waals surface area contributed by atoms with Gasteiger partial charge < -0.3 is 18.6 Å². The van der Waals surface area contributed by atoms with Crippen molar-refractivity contribution in [3.05, 3.63) is 76.3 Å². The molecule has 0 unspecified atom stereocenters. The van der Waals surface area contributed by atoms with Gasteiger partial charge >= 0.3 is 0 Å². The molecular weight excluding hydrogens is 464 g/mol. The highest BCUT2D eigenvalue weighted by molar-refractivity contribution is 7.07. The quantitative estimate of drug-likeness (QED) is 0.319. The van der Waals surface area contributed by atoms with E-state index >= 15 is 0 Å². The summed E-state index contributed by atoms with van der Waals surface area (Å²) in [7, 11) is 4.58. The molecule has 0 amide bonds. The number of rotatable bonds is 7. The SMILES string of the molecule is COc1cc(-c2csc(=Nc3ccc(F)cc3F)n2N=C(C)c2ccco2)cc(OC)c1OC. The molecule has 0 aliphatic heterocycles. The second kappa shape index (κ2) is 9.92. The molecule has 0 fully saturated rings. The summed E-state index contributed by atoms with van der Waals surface area (Å²) in [4.78, 5) is 4.76. The molecule has 2 heterocycles. The van der Waals surface area contributed by atoms with E-state index in [1.54, 1.807) is 42.1 Å². The van der Waals surface area contributed by atoms with E-state index in [-0.39, 0.29) is 5.69 Å². The predicted molar refractivity (Wildman–Crippen MR) is 125 cm³/mol. The fourth-order valence-corrected chi connectivity index (χ4v) is 4.10. The van der Waals surface area contributed by atoms with Crippen molar-refractivity contribution in [1.29, 1.82) is 0 Å². The number of nitrogens with zero attached hydrogens (tertiary/aromatic N) is 3. The summed E-state index contributed by atoms with van der Waals surface area (Å²) in [5.41, 5.74) is 1.89. The lowest BCUT2D eigenvalue weighted by atomic mass is 10.1. The second-order valence-corrected chi connectivity index (χ2v) is 7.84. The van der Waals surface area contributed by atoms with Gasteiger partial charge in [0.2, 0.25) is 10.6 Å². The first-order valence-electron chi connectivity index (χ1n) is 10.0. The molecule has 0 spiro atoms. The molecule has 10 heteroatoms. The van der Waals surface area contributed by atoms with E-state index in [1.807, 2.05) is 5.38 Å². The number of benzene rings is 2. The molecule has 0 saturated heterocycles. The van der Waals surface area contributed by atoms with Crippen molar-refractivity contribution in [2.75, 3.05) is 21.3 Å². The van der Waals surface area contributed by atoms with E-state index in [9.17, 15) is 8.78 Å². The van der Waals surface area contributed by atoms with E-state index in [0.29, 0.717) is 44.8 Å². The lowest BCUT2D eigenvalue weighted by Crippen LogP contribution is -2.14. The van der Waals surface area contributed by atoms with Gasteiger partial charge in [-0.15, -0.1) is 11.3 Å². The number of furan rings is 1. The van der Waals surface area contributed by atoms with Crippen molar-refractivity contribution in [2.24, 2.45) is 10.1 Å². The fraction of sp³-hybridized carbons (Fsp3) is 0.167. The number of aromatic nitrogens is 1. The lowest BCUT2D eigenvalue weighted by molar-refractivity contribution is 0.324. The van der Waals surface area contributed by atoms with Crippen molar-refractivity contribution in [3.63, 3.8) is 0 Å². The van der Waals surface area contributed by atoms with Crippen LogP contribution in [0.4, 0.5) is 14.5 Å². The number of hydrogen-bond acceptors (Lipinski definition) is 7. The summed E-state index contributed by atoms with van der Waals surface area (Å²) in [5, 5.41) is 6.50. The van der Waals surface area contributed by atoms with Crippen LogP contribution in [-0.2, 0) is 0 Å². The number of ether oxygens (including phenoxy) is 3. The molecule has 0 atom stereocenters. The van der Waals surface area contributed by atoms with Gasteiger partial charge in [0.15, 0.2) is 17.3 Å². The summed E-state index contributed by atoms with van der Waals surface area (Å²) in [6.07, 6.45) is 1.55. The molecule has 2 aromatic heterocycles. The third-order valence-corrected chi connectivity index (χ3v) is 5.72. The highest BCUT2D eigenvalue weighted by Gasteiger charge is 2.18. The Morgan fingerprint density at radius 3 is 2.32 bits per heavy atom. The Kier molecular flexibility index (Phi) is 6.78. The van der Waals surface area contributed by atoms with Crippen molar-refractivity contribution < 1.29 is 27.4 Å². The third kappa shape index (κ3) is 4.58. The molecule has 2 aromatic carbocycles. The van der Waals surface area contributed by atoms with Crippen LogP contribution in [-0.4, -0.2) is 31.7 Å². The summed E-state index contributed by atoms with van der Waals surface area (Å²) < 4.78 is 51.1. The van der Waals surface area contributed by atoms with Crippen molar-refractivity contribution in [2.45, 2.75) is 6.92 Å². The van der Waals surface area contributed by atoms with Crippen molar-refractivity contribution in [3.8, 4) is 28.5 Å². The Bertz CT molecular complexity index is 1380. The normalized spacial score (nSPS) is 12.2. The Morgan fingerprint density at radius 1 is 1.00 bits per heavy atom. The average molecular weight is 486 g/mol. The van der Waals surface area contributed by atoms with Gasteiger partial charge in [-0.1, -0.05) is 0 Å². The molecule has 0 aliphatic rings. The minimum Gasteiger partial charge on any atom is -0.493 e. The van der Waals surface area contributed by atoms with Crippen LogP contribution in [0.25, 0.3) is 11.3 Å². The minimum atomic E-state index is -0.777. The molecule has 0 N–H and O–H groups in total. The minimum absolute atomic E-state index is 0.0145. The Morgan fingerprint density at radius 2 is 1.74 bits per heavy atom. The maximum Gasteiger partial charge on any atom is 0.211 e. The molecule has 4 rings (SSSR count). The van der Waals surface area contributed by atoms with Crippen LogP contribution in [0.1, 0.15) is 12.7 Å². The van der Waals surface area contributed by atoms with Crippen LogP contribution >= 0.6 is 11.3 Å². The van der Waals surface area contributed by atoms with Gasteiger partial charge in [0, 0.05) is 17.0 Å². The van der Waals surface area contributed by atoms with Gasteiger partial charge in [0.1, 0.15) is 23.0 Å². The van der Waals surface area contributed by atoms with Gasteiger partial charge in [0.25, 0.3) is 0 Å². The van der Waals surface area contributed by atoms with Crippen LogP contribution in [0.5, 0.6) is 17.2 Å². The van der Waals surface area contributed by atoms with E-state index in [1.165, 1.54) is 38.7 Å². The summed E-state index contributed by atoms with van der Waals surface area (Å²) >= 11 is 1.24. The van der Waals surface area contributed by atoms with Gasteiger partial charge in [-0.2, -0.15) is 5.10 Å². The van der Waals surface area contributed by atoms with Gasteiger partial charge in [-0.25, -0.2) is 18.4 Å². The predicted octanol–water partition coefficient (Wildman–Crippen LogP) is 5.62. The maximum absolute atomic E-state index is 14.3. The van der Waals surface area contributed by atoms with Crippen LogP contribution in [0.15, 0.2) is 68.6 Å². The topological polar surface area (TPSA) is 70.5 Å². The van der Waals surface area contributed by atoms with Gasteiger partial charge in [0.05, 0.1) is 33.3 Å². The highest BCUT2D eigenvalue weighted by atomic mass is 32.1. The highest BCUT2D eigenvalue weighted by Crippen LogP contribution is 2.41. The fourth-order valence-electron chi connectivity index (χ4n) is 3.26. The first kappa shape index (κ1) is 23.2. The molecule has 4 aromatic rings. The Balaban J connectivity index is 1.96. The molecule has 0 aliphatic carbocycles. The van der Waals surface area contributed by atoms with Crippen LogP contribution in [0.2, 0.25) is 0 Å². The van der Waals surface area contributed by atoms with E-state index < -0.39 is 11.6 Å². The number of hydrogen-bond donors (Lipinski definition) is 0. The standard InChI is InChI=1S/C24H21F2N3O4S/c1-14(20-6-5-9-33-20)28-29-19(15-10-21(30-2)23(32-4)22(11-15)31-3)13-34-24(29)27-18-8-7-16(25)12-17(18)26/h5-13H,1-4H3. The number of methoxy groups -OCH3 is 3. The molecule has 7 nitrogen and oxygen atoms in total. The van der Waals surface area contributed by atoms with Crippen LogP contribution < -0.4 is 19.0 Å². The molecule has 0 radical (unpaired) electrons. The summed E-state index contributed by atoms with van der Waals surface area (Å²) in [5.74, 6) is 0.479. The van der Waals surface area contributed by atoms with Gasteiger partial charge in [-0.05, 0) is 43.3 Å². The van der Waals surface area contributed by atoms with Gasteiger partial charge in [-0.3, -0.25) is 0 Å². The van der Waals surface area contributed by atoms with E-state index in [0.717, 1.165) is 12.1 Å². The van der Waals surface area contributed by atoms with Crippen molar-refractivity contribution in [1.82, 2.24) is 4.68 Å². The molecular formula is C24H21F2N3O4S. The zero-order chi connectivity index (χ0) is 24.2. The van der Waals surface area contributed by atoms with E-state index in [2.05, 4.69) is 10.1 Å². The van der Waals surface area contributed by atoms with Crippen LogP contribution in [0.3, 0.4) is 0 Å². The first-order valence-corrected chi connectivity index (χ1v) is 10.9. The Labute approximate surface area is 198 Å². The lowest BCUT2D eigenvalue weighted by Gasteiger charge is -2.14. The molecule has 34 heavy (non-hydrogen) atoms. The van der Waals surface area contributed by atoms with Crippen LogP contribution in [0, 0.1) is 11.6 Å². The third-order valence-electron chi connectivity index (χ3n) is 4.90. The molecule has 176 valence electrons. The first-order chi connectivity index (χ1) is 16.4.